The highest BCUT2D eigenvalue weighted by Crippen LogP contribution is 2.17. The highest BCUT2D eigenvalue weighted by atomic mass is 32.2. The van der Waals surface area contributed by atoms with E-state index in [1.165, 1.54) is 83.6 Å². The molecule has 1 rings (SSSR count). The van der Waals surface area contributed by atoms with Gasteiger partial charge in [-0.3, -0.25) is 4.55 Å². The lowest BCUT2D eigenvalue weighted by Crippen LogP contribution is -2.56. The second-order valence-corrected chi connectivity index (χ2v) is 10.3. The third-order valence-electron chi connectivity index (χ3n) is 6.19. The molecule has 28 heavy (non-hydrogen) atoms. The first-order valence-electron chi connectivity index (χ1n) is 11.9. The number of morpholine rings is 1. The molecule has 0 atom stereocenters. The fourth-order valence-corrected chi connectivity index (χ4v) is 4.88. The summed E-state index contributed by atoms with van der Waals surface area (Å²) < 4.78 is 37.3. The van der Waals surface area contributed by atoms with E-state index in [-0.39, 0.29) is 5.75 Å². The van der Waals surface area contributed by atoms with Crippen molar-refractivity contribution in [2.24, 2.45) is 0 Å². The van der Waals surface area contributed by atoms with Crippen LogP contribution in [0, 0.1) is 0 Å². The summed E-state index contributed by atoms with van der Waals surface area (Å²) >= 11 is 0. The Labute approximate surface area is 174 Å². The van der Waals surface area contributed by atoms with E-state index in [0.717, 1.165) is 43.8 Å². The van der Waals surface area contributed by atoms with E-state index in [1.807, 2.05) is 0 Å². The number of hydrogen-bond donors (Lipinski definition) is 1. The van der Waals surface area contributed by atoms with Crippen LogP contribution in [0.4, 0.5) is 0 Å². The molecule has 6 heteroatoms. The van der Waals surface area contributed by atoms with Gasteiger partial charge in [0.2, 0.25) is 0 Å². The van der Waals surface area contributed by atoms with Crippen LogP contribution in [-0.4, -0.2) is 62.6 Å². The summed E-state index contributed by atoms with van der Waals surface area (Å²) in [5.74, 6) is -0.109. The Kier molecular flexibility index (Phi) is 14.4. The van der Waals surface area contributed by atoms with Crippen molar-refractivity contribution in [2.45, 2.75) is 96.8 Å². The van der Waals surface area contributed by atoms with Gasteiger partial charge in [-0.1, -0.05) is 71.1 Å². The third kappa shape index (κ3) is 13.9. The first-order chi connectivity index (χ1) is 13.5. The van der Waals surface area contributed by atoms with Crippen LogP contribution >= 0.6 is 0 Å². The van der Waals surface area contributed by atoms with Gasteiger partial charge in [-0.05, 0) is 25.7 Å². The predicted molar refractivity (Wildman–Crippen MR) is 117 cm³/mol. The van der Waals surface area contributed by atoms with Crippen LogP contribution in [0.25, 0.3) is 0 Å². The maximum Gasteiger partial charge on any atom is 0.264 e. The molecule has 1 aliphatic rings. The average Bonchev–Trinajstić information content (AvgIpc) is 2.66. The average molecular weight is 421 g/mol. The predicted octanol–water partition coefficient (Wildman–Crippen LogP) is 5.20. The molecule has 1 aliphatic heterocycles. The van der Waals surface area contributed by atoms with Crippen molar-refractivity contribution in [3.8, 4) is 0 Å². The van der Waals surface area contributed by atoms with Crippen molar-refractivity contribution in [3.05, 3.63) is 0 Å². The molecule has 0 saturated carbocycles. The number of ether oxygens (including phenoxy) is 1. The van der Waals surface area contributed by atoms with Gasteiger partial charge in [-0.25, -0.2) is 0 Å². The van der Waals surface area contributed by atoms with Crippen molar-refractivity contribution < 1.29 is 22.2 Å². The topological polar surface area (TPSA) is 63.6 Å². The Morgan fingerprint density at radius 2 is 1.14 bits per heavy atom. The Balaban J connectivity index is 2.07. The fourth-order valence-electron chi connectivity index (χ4n) is 4.31. The van der Waals surface area contributed by atoms with Crippen LogP contribution < -0.4 is 0 Å². The summed E-state index contributed by atoms with van der Waals surface area (Å²) in [4.78, 5) is 0. The Morgan fingerprint density at radius 3 is 1.61 bits per heavy atom. The van der Waals surface area contributed by atoms with E-state index in [2.05, 4.69) is 6.92 Å². The molecule has 1 heterocycles. The lowest BCUT2D eigenvalue weighted by Gasteiger charge is -2.41. The minimum absolute atomic E-state index is 0.109. The molecule has 0 aromatic rings. The van der Waals surface area contributed by atoms with Gasteiger partial charge in [-0.2, -0.15) is 8.42 Å². The maximum atomic E-state index is 10.9. The molecule has 1 fully saturated rings. The number of quaternary nitrogens is 1. The molecule has 0 amide bonds. The molecule has 0 bridgehead atoms. The van der Waals surface area contributed by atoms with Gasteiger partial charge in [0.15, 0.2) is 0 Å². The van der Waals surface area contributed by atoms with Gasteiger partial charge in [0.25, 0.3) is 10.1 Å². The van der Waals surface area contributed by atoms with E-state index < -0.39 is 10.1 Å². The lowest BCUT2D eigenvalue weighted by molar-refractivity contribution is -0.935. The van der Waals surface area contributed by atoms with Crippen molar-refractivity contribution in [1.82, 2.24) is 0 Å². The second kappa shape index (κ2) is 15.6. The summed E-state index contributed by atoms with van der Waals surface area (Å²) in [6.07, 6.45) is 17.9. The SMILES string of the molecule is CCCCCCCCCCCCCC[N+]1(CCCCS(=O)(=O)O)CCOCC1. The number of hydrogen-bond acceptors (Lipinski definition) is 3. The normalized spacial score (nSPS) is 17.1. The minimum Gasteiger partial charge on any atom is -0.370 e. The van der Waals surface area contributed by atoms with Crippen molar-refractivity contribution in [2.75, 3.05) is 45.1 Å². The van der Waals surface area contributed by atoms with Crippen LogP contribution in [0.15, 0.2) is 0 Å². The quantitative estimate of drug-likeness (QED) is 0.188. The Hall–Kier alpha value is -0.170. The summed E-state index contributed by atoms with van der Waals surface area (Å²) in [6, 6.07) is 0. The zero-order valence-corrected chi connectivity index (χ0v) is 19.2. The molecule has 0 unspecified atom stereocenters. The first-order valence-corrected chi connectivity index (χ1v) is 13.5. The summed E-state index contributed by atoms with van der Waals surface area (Å²) in [5.41, 5.74) is 0. The zero-order chi connectivity index (χ0) is 20.6. The molecule has 5 nitrogen and oxygen atoms in total. The standard InChI is InChI=1S/C22H45NO4S/c1-2-3-4-5-6-7-8-9-10-11-12-13-16-23(18-20-27-21-19-23)17-14-15-22-28(24,25)26/h2-22H2,1H3/p+1. The van der Waals surface area contributed by atoms with E-state index in [1.54, 1.807) is 0 Å². The molecule has 1 N–H and O–H groups in total. The van der Waals surface area contributed by atoms with Gasteiger partial charge < -0.3 is 9.22 Å². The number of nitrogens with zero attached hydrogens (tertiary/aromatic N) is 1. The first kappa shape index (κ1) is 25.9. The smallest absolute Gasteiger partial charge is 0.264 e. The summed E-state index contributed by atoms with van der Waals surface area (Å²) in [7, 11) is -3.82. The van der Waals surface area contributed by atoms with Gasteiger partial charge in [-0.15, -0.1) is 0 Å². The summed E-state index contributed by atoms with van der Waals surface area (Å²) in [5, 5.41) is 0. The van der Waals surface area contributed by atoms with E-state index >= 15 is 0 Å². The maximum absolute atomic E-state index is 10.9. The van der Waals surface area contributed by atoms with Crippen molar-refractivity contribution >= 4 is 10.1 Å². The molecule has 0 spiro atoms. The van der Waals surface area contributed by atoms with E-state index in [4.69, 9.17) is 9.29 Å². The van der Waals surface area contributed by atoms with Crippen LogP contribution in [0.2, 0.25) is 0 Å². The van der Waals surface area contributed by atoms with Gasteiger partial charge in [0, 0.05) is 0 Å². The van der Waals surface area contributed by atoms with E-state index in [9.17, 15) is 8.42 Å². The second-order valence-electron chi connectivity index (χ2n) is 8.73. The van der Waals surface area contributed by atoms with E-state index in [0.29, 0.717) is 6.42 Å². The molecule has 0 radical (unpaired) electrons. The molecular formula is C22H46NO4S+. The van der Waals surface area contributed by atoms with Crippen LogP contribution in [0.5, 0.6) is 0 Å². The highest BCUT2D eigenvalue weighted by Gasteiger charge is 2.29. The molecule has 0 aromatic carbocycles. The molecular weight excluding hydrogens is 374 g/mol. The largest absolute Gasteiger partial charge is 0.370 e. The van der Waals surface area contributed by atoms with Crippen LogP contribution in [0.1, 0.15) is 96.8 Å². The molecule has 0 aromatic heterocycles. The summed E-state index contributed by atoms with van der Waals surface area (Å²) in [6.45, 7) is 8.19. The van der Waals surface area contributed by atoms with Crippen LogP contribution in [-0.2, 0) is 14.9 Å². The fraction of sp³-hybridized carbons (Fsp3) is 1.00. The molecule has 168 valence electrons. The number of rotatable bonds is 18. The van der Waals surface area contributed by atoms with Crippen molar-refractivity contribution in [1.29, 1.82) is 0 Å². The third-order valence-corrected chi connectivity index (χ3v) is 7.00. The van der Waals surface area contributed by atoms with Gasteiger partial charge in [0.1, 0.15) is 13.1 Å². The van der Waals surface area contributed by atoms with Crippen LogP contribution in [0.3, 0.4) is 0 Å². The zero-order valence-electron chi connectivity index (χ0n) is 18.4. The van der Waals surface area contributed by atoms with Crippen molar-refractivity contribution in [3.63, 3.8) is 0 Å². The minimum atomic E-state index is -3.82. The highest BCUT2D eigenvalue weighted by molar-refractivity contribution is 7.85. The van der Waals surface area contributed by atoms with Gasteiger partial charge in [0.05, 0.1) is 32.1 Å². The lowest BCUT2D eigenvalue weighted by atomic mass is 10.0. The molecule has 1 saturated heterocycles. The Morgan fingerprint density at radius 1 is 0.714 bits per heavy atom. The molecule has 0 aliphatic carbocycles. The Bertz CT molecular complexity index is 461. The van der Waals surface area contributed by atoms with Gasteiger partial charge >= 0.3 is 0 Å². The number of unbranched alkanes of at least 4 members (excludes halogenated alkanes) is 12. The monoisotopic (exact) mass is 420 g/mol.